The third-order valence-electron chi connectivity index (χ3n) is 3.81. The van der Waals surface area contributed by atoms with Crippen LogP contribution in [0.4, 0.5) is 0 Å². The van der Waals surface area contributed by atoms with E-state index in [2.05, 4.69) is 4.98 Å². The molecule has 0 N–H and O–H groups in total. The molecular weight excluding hydrogens is 268 g/mol. The molecule has 1 fully saturated rings. The normalized spacial score (nSPS) is 15.5. The second-order valence-corrected chi connectivity index (χ2v) is 5.40. The first-order valence-corrected chi connectivity index (χ1v) is 7.07. The number of piperazine rings is 1. The van der Waals surface area contributed by atoms with Crippen LogP contribution in [0.3, 0.4) is 0 Å². The van der Waals surface area contributed by atoms with Gasteiger partial charge < -0.3 is 14.2 Å². The van der Waals surface area contributed by atoms with Crippen LogP contribution in [-0.2, 0) is 16.0 Å². The average molecular weight is 286 g/mol. The smallest absolute Gasteiger partial charge is 0.228 e. The van der Waals surface area contributed by atoms with Crippen molar-refractivity contribution in [3.8, 4) is 0 Å². The number of pyridine rings is 1. The lowest BCUT2D eigenvalue weighted by molar-refractivity contribution is -0.134. The maximum Gasteiger partial charge on any atom is 0.228 e. The van der Waals surface area contributed by atoms with Crippen molar-refractivity contribution in [2.24, 2.45) is 0 Å². The van der Waals surface area contributed by atoms with Gasteiger partial charge in [-0.2, -0.15) is 0 Å². The van der Waals surface area contributed by atoms with Crippen molar-refractivity contribution < 1.29 is 9.59 Å². The molecular formula is C15H18N4O2. The fourth-order valence-electron chi connectivity index (χ4n) is 2.56. The summed E-state index contributed by atoms with van der Waals surface area (Å²) in [5.41, 5.74) is 2.79. The molecule has 0 radical (unpaired) electrons. The van der Waals surface area contributed by atoms with E-state index >= 15 is 0 Å². The lowest BCUT2D eigenvalue weighted by Gasteiger charge is -2.32. The number of imidazole rings is 1. The molecule has 21 heavy (non-hydrogen) atoms. The molecule has 6 nitrogen and oxygen atoms in total. The highest BCUT2D eigenvalue weighted by molar-refractivity contribution is 5.78. The first-order valence-electron chi connectivity index (χ1n) is 7.07. The second-order valence-electron chi connectivity index (χ2n) is 5.40. The largest absolute Gasteiger partial charge is 0.342 e. The summed E-state index contributed by atoms with van der Waals surface area (Å²) in [6.45, 7) is 4.44. The number of carbonyl (C=O) groups is 2. The summed E-state index contributed by atoms with van der Waals surface area (Å²) in [6, 6.07) is 4.01. The van der Waals surface area contributed by atoms with E-state index in [1.54, 1.807) is 9.80 Å². The summed E-state index contributed by atoms with van der Waals surface area (Å²) in [5, 5.41) is 0. The van der Waals surface area contributed by atoms with Crippen LogP contribution in [-0.4, -0.2) is 57.7 Å². The minimum Gasteiger partial charge on any atom is -0.342 e. The molecule has 3 rings (SSSR count). The topological polar surface area (TPSA) is 57.9 Å². The molecule has 0 atom stereocenters. The van der Waals surface area contributed by atoms with E-state index < -0.39 is 0 Å². The lowest BCUT2D eigenvalue weighted by Crippen LogP contribution is -2.48. The molecule has 2 amide bonds. The van der Waals surface area contributed by atoms with Crippen molar-refractivity contribution in [2.75, 3.05) is 26.2 Å². The molecule has 3 heterocycles. The van der Waals surface area contributed by atoms with Gasteiger partial charge in [0.25, 0.3) is 0 Å². The Morgan fingerprint density at radius 1 is 1.33 bits per heavy atom. The summed E-state index contributed by atoms with van der Waals surface area (Å²) in [4.78, 5) is 30.9. The van der Waals surface area contributed by atoms with Gasteiger partial charge in [0.05, 0.1) is 12.1 Å². The van der Waals surface area contributed by atoms with E-state index in [-0.39, 0.29) is 5.91 Å². The van der Waals surface area contributed by atoms with Gasteiger partial charge in [-0.05, 0) is 24.6 Å². The van der Waals surface area contributed by atoms with E-state index in [0.29, 0.717) is 32.6 Å². The third-order valence-corrected chi connectivity index (χ3v) is 3.81. The maximum absolute atomic E-state index is 12.3. The molecule has 6 heteroatoms. The van der Waals surface area contributed by atoms with E-state index in [1.807, 2.05) is 35.9 Å². The summed E-state index contributed by atoms with van der Waals surface area (Å²) >= 11 is 0. The maximum atomic E-state index is 12.3. The Labute approximate surface area is 123 Å². The molecule has 0 aromatic carbocycles. The molecule has 1 aliphatic heterocycles. The molecule has 2 aromatic heterocycles. The minimum absolute atomic E-state index is 0.0701. The minimum atomic E-state index is 0.0701. The van der Waals surface area contributed by atoms with E-state index in [1.165, 1.54) is 0 Å². The van der Waals surface area contributed by atoms with Crippen LogP contribution in [0.15, 0.2) is 24.5 Å². The SMILES string of the molecule is Cc1ccn2cc(CC(=O)N3CCN(C=O)CC3)nc2c1. The number of fused-ring (bicyclic) bond motifs is 1. The van der Waals surface area contributed by atoms with Crippen molar-refractivity contribution >= 4 is 18.0 Å². The highest BCUT2D eigenvalue weighted by Crippen LogP contribution is 2.10. The van der Waals surface area contributed by atoms with Gasteiger partial charge in [-0.1, -0.05) is 0 Å². The number of rotatable bonds is 3. The Bertz CT molecular complexity index is 671. The van der Waals surface area contributed by atoms with Crippen molar-refractivity contribution in [3.05, 3.63) is 35.8 Å². The third kappa shape index (κ3) is 2.89. The predicted molar refractivity (Wildman–Crippen MR) is 77.9 cm³/mol. The summed E-state index contributed by atoms with van der Waals surface area (Å²) in [5.74, 6) is 0.0701. The predicted octanol–water partition coefficient (Wildman–Crippen LogP) is 0.486. The number of aromatic nitrogens is 2. The molecule has 0 aliphatic carbocycles. The highest BCUT2D eigenvalue weighted by Gasteiger charge is 2.20. The van der Waals surface area contributed by atoms with E-state index in [4.69, 9.17) is 0 Å². The molecule has 2 aromatic rings. The Morgan fingerprint density at radius 3 is 2.81 bits per heavy atom. The van der Waals surface area contributed by atoms with Crippen LogP contribution < -0.4 is 0 Å². The molecule has 110 valence electrons. The van der Waals surface area contributed by atoms with Crippen molar-refractivity contribution in [2.45, 2.75) is 13.3 Å². The fraction of sp³-hybridized carbons (Fsp3) is 0.400. The lowest BCUT2D eigenvalue weighted by atomic mass is 10.2. The fourth-order valence-corrected chi connectivity index (χ4v) is 2.56. The first-order chi connectivity index (χ1) is 10.2. The van der Waals surface area contributed by atoms with E-state index in [9.17, 15) is 9.59 Å². The Balaban J connectivity index is 1.67. The zero-order chi connectivity index (χ0) is 14.8. The zero-order valence-corrected chi connectivity index (χ0v) is 12.0. The van der Waals surface area contributed by atoms with Crippen LogP contribution in [0.1, 0.15) is 11.3 Å². The van der Waals surface area contributed by atoms with Crippen molar-refractivity contribution in [3.63, 3.8) is 0 Å². The second kappa shape index (κ2) is 5.55. The first kappa shape index (κ1) is 13.6. The number of nitrogens with zero attached hydrogens (tertiary/aromatic N) is 4. The van der Waals surface area contributed by atoms with Gasteiger partial charge in [0, 0.05) is 38.6 Å². The summed E-state index contributed by atoms with van der Waals surface area (Å²) in [6.07, 6.45) is 5.00. The highest BCUT2D eigenvalue weighted by atomic mass is 16.2. The van der Waals surface area contributed by atoms with Gasteiger partial charge in [-0.15, -0.1) is 0 Å². The van der Waals surface area contributed by atoms with Gasteiger partial charge in [0.2, 0.25) is 12.3 Å². The molecule has 0 bridgehead atoms. The summed E-state index contributed by atoms with van der Waals surface area (Å²) < 4.78 is 1.93. The number of amides is 2. The average Bonchev–Trinajstić information content (AvgIpc) is 2.88. The van der Waals surface area contributed by atoms with Crippen molar-refractivity contribution in [1.29, 1.82) is 0 Å². The van der Waals surface area contributed by atoms with Gasteiger partial charge in [-0.25, -0.2) is 4.98 Å². The number of carbonyl (C=O) groups excluding carboxylic acids is 2. The number of aryl methyl sites for hydroxylation is 1. The number of hydrogen-bond donors (Lipinski definition) is 0. The molecule has 0 spiro atoms. The van der Waals surface area contributed by atoms with Gasteiger partial charge in [0.15, 0.2) is 0 Å². The molecule has 0 saturated carbocycles. The van der Waals surface area contributed by atoms with Gasteiger partial charge in [-0.3, -0.25) is 9.59 Å². The van der Waals surface area contributed by atoms with Gasteiger partial charge >= 0.3 is 0 Å². The van der Waals surface area contributed by atoms with Crippen LogP contribution in [0, 0.1) is 6.92 Å². The Hall–Kier alpha value is -2.37. The molecule has 1 saturated heterocycles. The summed E-state index contributed by atoms with van der Waals surface area (Å²) in [7, 11) is 0. The van der Waals surface area contributed by atoms with E-state index in [0.717, 1.165) is 23.3 Å². The zero-order valence-electron chi connectivity index (χ0n) is 12.0. The van der Waals surface area contributed by atoms with Gasteiger partial charge in [0.1, 0.15) is 5.65 Å². The standard InChI is InChI=1S/C15H18N4O2/c1-12-2-3-19-10-13(16-14(19)8-12)9-15(21)18-6-4-17(11-20)5-7-18/h2-3,8,10-11H,4-7,9H2,1H3. The monoisotopic (exact) mass is 286 g/mol. The van der Waals surface area contributed by atoms with Crippen LogP contribution >= 0.6 is 0 Å². The number of hydrogen-bond acceptors (Lipinski definition) is 3. The van der Waals surface area contributed by atoms with Crippen LogP contribution in [0.25, 0.3) is 5.65 Å². The molecule has 0 unspecified atom stereocenters. The Morgan fingerprint density at radius 2 is 2.10 bits per heavy atom. The quantitative estimate of drug-likeness (QED) is 0.771. The molecule has 1 aliphatic rings. The van der Waals surface area contributed by atoms with Crippen LogP contribution in [0.5, 0.6) is 0 Å². The van der Waals surface area contributed by atoms with Crippen LogP contribution in [0.2, 0.25) is 0 Å². The van der Waals surface area contributed by atoms with Crippen molar-refractivity contribution in [1.82, 2.24) is 19.2 Å². The Kier molecular flexibility index (Phi) is 3.60.